The van der Waals surface area contributed by atoms with Crippen LogP contribution in [0.4, 0.5) is 0 Å². The minimum absolute atomic E-state index is 0.110. The van der Waals surface area contributed by atoms with Crippen LogP contribution in [0.2, 0.25) is 0 Å². The summed E-state index contributed by atoms with van der Waals surface area (Å²) in [5.41, 5.74) is 2.59. The van der Waals surface area contributed by atoms with Crippen molar-refractivity contribution in [3.05, 3.63) is 53.2 Å². The number of fused-ring (bicyclic) bond motifs is 1. The molecule has 1 aromatic carbocycles. The zero-order chi connectivity index (χ0) is 15.4. The van der Waals surface area contributed by atoms with Gasteiger partial charge in [0.1, 0.15) is 5.75 Å². The summed E-state index contributed by atoms with van der Waals surface area (Å²) < 4.78 is 10.9. The third-order valence-corrected chi connectivity index (χ3v) is 3.52. The highest BCUT2D eigenvalue weighted by atomic mass is 16.5. The van der Waals surface area contributed by atoms with E-state index in [2.05, 4.69) is 10.3 Å². The van der Waals surface area contributed by atoms with Crippen molar-refractivity contribution in [1.29, 1.82) is 0 Å². The molecule has 0 bridgehead atoms. The molecule has 0 saturated heterocycles. The second-order valence-corrected chi connectivity index (χ2v) is 5.00. The van der Waals surface area contributed by atoms with E-state index < -0.39 is 0 Å². The summed E-state index contributed by atoms with van der Waals surface area (Å²) in [6.07, 6.45) is 2.53. The summed E-state index contributed by atoms with van der Waals surface area (Å²) in [6.45, 7) is 3.52. The van der Waals surface area contributed by atoms with Gasteiger partial charge in [-0.3, -0.25) is 4.79 Å². The van der Waals surface area contributed by atoms with Gasteiger partial charge in [-0.2, -0.15) is 0 Å². The molecule has 2 heterocycles. The maximum atomic E-state index is 12.3. The van der Waals surface area contributed by atoms with Gasteiger partial charge < -0.3 is 14.8 Å². The molecular formula is C17H18N2O3. The second kappa shape index (κ2) is 6.47. The lowest BCUT2D eigenvalue weighted by atomic mass is 10.1. The first kappa shape index (κ1) is 14.4. The van der Waals surface area contributed by atoms with Crippen molar-refractivity contribution in [2.24, 2.45) is 0 Å². The first-order valence-electron chi connectivity index (χ1n) is 7.38. The number of carbonyl (C=O) groups is 1. The number of benzene rings is 1. The van der Waals surface area contributed by atoms with E-state index in [0.29, 0.717) is 31.2 Å². The van der Waals surface area contributed by atoms with Crippen LogP contribution in [0.5, 0.6) is 11.6 Å². The Balaban J connectivity index is 1.68. The van der Waals surface area contributed by atoms with E-state index in [1.54, 1.807) is 12.3 Å². The van der Waals surface area contributed by atoms with Crippen LogP contribution in [-0.2, 0) is 13.0 Å². The number of hydrogen-bond donors (Lipinski definition) is 1. The summed E-state index contributed by atoms with van der Waals surface area (Å²) in [5, 5.41) is 2.91. The second-order valence-electron chi connectivity index (χ2n) is 5.00. The highest BCUT2D eigenvalue weighted by Gasteiger charge is 2.15. The van der Waals surface area contributed by atoms with Crippen molar-refractivity contribution in [1.82, 2.24) is 10.3 Å². The third-order valence-electron chi connectivity index (χ3n) is 3.52. The fourth-order valence-electron chi connectivity index (χ4n) is 2.43. The smallest absolute Gasteiger partial charge is 0.251 e. The topological polar surface area (TPSA) is 60.5 Å². The van der Waals surface area contributed by atoms with Crippen molar-refractivity contribution in [2.75, 3.05) is 13.2 Å². The Bertz CT molecular complexity index is 685. The van der Waals surface area contributed by atoms with Gasteiger partial charge in [0.05, 0.1) is 13.2 Å². The predicted molar refractivity (Wildman–Crippen MR) is 82.2 cm³/mol. The van der Waals surface area contributed by atoms with Gasteiger partial charge in [-0.25, -0.2) is 4.98 Å². The molecule has 0 spiro atoms. The summed E-state index contributed by atoms with van der Waals surface area (Å²) in [5.74, 6) is 1.33. The van der Waals surface area contributed by atoms with E-state index in [1.807, 2.05) is 31.2 Å². The van der Waals surface area contributed by atoms with Crippen LogP contribution in [0, 0.1) is 0 Å². The van der Waals surface area contributed by atoms with Gasteiger partial charge >= 0.3 is 0 Å². The molecule has 1 aromatic heterocycles. The van der Waals surface area contributed by atoms with Crippen molar-refractivity contribution >= 4 is 5.91 Å². The predicted octanol–water partition coefficient (Wildman–Crippen LogP) is 2.35. The zero-order valence-corrected chi connectivity index (χ0v) is 12.5. The number of nitrogens with zero attached hydrogens (tertiary/aromatic N) is 1. The Morgan fingerprint density at radius 1 is 1.41 bits per heavy atom. The largest absolute Gasteiger partial charge is 0.493 e. The Morgan fingerprint density at radius 2 is 2.32 bits per heavy atom. The molecule has 1 aliphatic heterocycles. The van der Waals surface area contributed by atoms with Crippen LogP contribution in [0.25, 0.3) is 0 Å². The normalized spacial score (nSPS) is 12.4. The third kappa shape index (κ3) is 3.03. The number of hydrogen-bond acceptors (Lipinski definition) is 4. The first-order chi connectivity index (χ1) is 10.8. The number of rotatable bonds is 5. The highest BCUT2D eigenvalue weighted by Crippen LogP contribution is 2.25. The monoisotopic (exact) mass is 298 g/mol. The summed E-state index contributed by atoms with van der Waals surface area (Å²) in [7, 11) is 0. The molecule has 22 heavy (non-hydrogen) atoms. The number of pyridine rings is 1. The lowest BCUT2D eigenvalue weighted by Gasteiger charge is -2.10. The molecule has 5 nitrogen and oxygen atoms in total. The van der Waals surface area contributed by atoms with Crippen LogP contribution in [0.15, 0.2) is 36.5 Å². The first-order valence-corrected chi connectivity index (χ1v) is 7.38. The van der Waals surface area contributed by atoms with E-state index in [0.717, 1.165) is 23.3 Å². The van der Waals surface area contributed by atoms with E-state index in [1.165, 1.54) is 0 Å². The minimum atomic E-state index is -0.110. The molecule has 1 amide bonds. The molecule has 1 N–H and O–H groups in total. The summed E-state index contributed by atoms with van der Waals surface area (Å²) >= 11 is 0. The van der Waals surface area contributed by atoms with Gasteiger partial charge in [-0.05, 0) is 36.8 Å². The maximum absolute atomic E-state index is 12.3. The number of ether oxygens (including phenoxy) is 2. The Morgan fingerprint density at radius 3 is 3.18 bits per heavy atom. The SMILES string of the molecule is CCOc1ncccc1CNC(=O)c1ccc2c(c1)CCO2. The molecular weight excluding hydrogens is 280 g/mol. The fourth-order valence-corrected chi connectivity index (χ4v) is 2.43. The maximum Gasteiger partial charge on any atom is 0.251 e. The van der Waals surface area contributed by atoms with Crippen molar-refractivity contribution in [2.45, 2.75) is 19.9 Å². The Labute approximate surface area is 129 Å². The van der Waals surface area contributed by atoms with Crippen molar-refractivity contribution < 1.29 is 14.3 Å². The number of nitrogens with one attached hydrogen (secondary N) is 1. The van der Waals surface area contributed by atoms with Gasteiger partial charge in [-0.15, -0.1) is 0 Å². The van der Waals surface area contributed by atoms with Gasteiger partial charge in [0.25, 0.3) is 5.91 Å². The molecule has 0 saturated carbocycles. The summed E-state index contributed by atoms with van der Waals surface area (Å²) in [4.78, 5) is 16.5. The number of carbonyl (C=O) groups excluding carboxylic acids is 1. The van der Waals surface area contributed by atoms with Crippen LogP contribution in [0.1, 0.15) is 28.4 Å². The fraction of sp³-hybridized carbons (Fsp3) is 0.294. The molecule has 0 fully saturated rings. The van der Waals surface area contributed by atoms with E-state index >= 15 is 0 Å². The minimum Gasteiger partial charge on any atom is -0.493 e. The molecule has 3 rings (SSSR count). The molecule has 1 aliphatic rings. The standard InChI is InChI=1S/C17H18N2O3/c1-2-21-17-14(4-3-8-18-17)11-19-16(20)13-5-6-15-12(10-13)7-9-22-15/h3-6,8,10H,2,7,9,11H2,1H3,(H,19,20). The van der Waals surface area contributed by atoms with Crippen molar-refractivity contribution in [3.63, 3.8) is 0 Å². The quantitative estimate of drug-likeness (QED) is 0.920. The number of amides is 1. The van der Waals surface area contributed by atoms with E-state index in [4.69, 9.17) is 9.47 Å². The van der Waals surface area contributed by atoms with Crippen molar-refractivity contribution in [3.8, 4) is 11.6 Å². The lowest BCUT2D eigenvalue weighted by Crippen LogP contribution is -2.23. The van der Waals surface area contributed by atoms with Gasteiger partial charge in [0.2, 0.25) is 5.88 Å². The van der Waals surface area contributed by atoms with E-state index in [-0.39, 0.29) is 5.91 Å². The van der Waals surface area contributed by atoms with Crippen LogP contribution in [0.3, 0.4) is 0 Å². The van der Waals surface area contributed by atoms with E-state index in [9.17, 15) is 4.79 Å². The summed E-state index contributed by atoms with van der Waals surface area (Å²) in [6, 6.07) is 9.26. The Kier molecular flexibility index (Phi) is 4.23. The highest BCUT2D eigenvalue weighted by molar-refractivity contribution is 5.94. The number of aromatic nitrogens is 1. The van der Waals surface area contributed by atoms with Crippen LogP contribution >= 0.6 is 0 Å². The van der Waals surface area contributed by atoms with Gasteiger partial charge in [0.15, 0.2) is 0 Å². The van der Waals surface area contributed by atoms with Gasteiger partial charge in [0, 0.05) is 30.3 Å². The lowest BCUT2D eigenvalue weighted by molar-refractivity contribution is 0.0950. The average Bonchev–Trinajstić information content (AvgIpc) is 3.01. The molecule has 2 aromatic rings. The molecule has 0 radical (unpaired) electrons. The molecule has 114 valence electrons. The van der Waals surface area contributed by atoms with Crippen LogP contribution < -0.4 is 14.8 Å². The zero-order valence-electron chi connectivity index (χ0n) is 12.5. The van der Waals surface area contributed by atoms with Gasteiger partial charge in [-0.1, -0.05) is 6.07 Å². The molecule has 0 unspecified atom stereocenters. The van der Waals surface area contributed by atoms with Crippen LogP contribution in [-0.4, -0.2) is 24.1 Å². The molecule has 5 heteroatoms. The molecule has 0 aliphatic carbocycles. The average molecular weight is 298 g/mol. The molecule has 0 atom stereocenters. The Hall–Kier alpha value is -2.56.